The number of esters is 1. The van der Waals surface area contributed by atoms with E-state index in [9.17, 15) is 4.79 Å². The van der Waals surface area contributed by atoms with Crippen LogP contribution in [0.1, 0.15) is 19.4 Å². The number of benzene rings is 2. The summed E-state index contributed by atoms with van der Waals surface area (Å²) in [7, 11) is 3.12. The fraction of sp³-hybridized carbons (Fsp3) is 0.348. The van der Waals surface area contributed by atoms with Gasteiger partial charge in [-0.25, -0.2) is 4.79 Å². The van der Waals surface area contributed by atoms with Crippen molar-refractivity contribution in [2.75, 3.05) is 40.5 Å². The van der Waals surface area contributed by atoms with Crippen LogP contribution in [0.3, 0.4) is 0 Å². The lowest BCUT2D eigenvalue weighted by Gasteiger charge is -2.18. The molecule has 0 N–H and O–H groups in total. The third-order valence-electron chi connectivity index (χ3n) is 4.48. The van der Waals surface area contributed by atoms with Gasteiger partial charge < -0.3 is 23.8 Å². The second kappa shape index (κ2) is 13.8. The first-order valence-corrected chi connectivity index (χ1v) is 10.1. The molecule has 0 aliphatic heterocycles. The Morgan fingerprint density at radius 3 is 2.23 bits per heavy atom. The maximum Gasteiger partial charge on any atom is 0.374 e. The lowest BCUT2D eigenvalue weighted by molar-refractivity contribution is -0.141. The minimum absolute atomic E-state index is 0. The topological polar surface area (TPSA) is 57.2 Å². The summed E-state index contributed by atoms with van der Waals surface area (Å²) in [6.07, 6.45) is 1.61. The first-order chi connectivity index (χ1) is 14.5. The Morgan fingerprint density at radius 1 is 1.00 bits per heavy atom. The van der Waals surface area contributed by atoms with Gasteiger partial charge in [0.1, 0.15) is 12.4 Å². The van der Waals surface area contributed by atoms with Crippen LogP contribution in [0, 0.1) is 0 Å². The van der Waals surface area contributed by atoms with Crippen LogP contribution in [0.4, 0.5) is 0 Å². The molecule has 0 amide bonds. The zero-order valence-corrected chi connectivity index (χ0v) is 19.8. The molecule has 31 heavy (non-hydrogen) atoms. The molecule has 0 aromatic heterocycles. The molecule has 0 heterocycles. The smallest absolute Gasteiger partial charge is 0.374 e. The molecular formula is C23H29Cl2NO5. The molecule has 0 aliphatic carbocycles. The zero-order chi connectivity index (χ0) is 21.9. The number of methoxy groups -OCH3 is 2. The summed E-state index contributed by atoms with van der Waals surface area (Å²) in [6, 6.07) is 12.1. The van der Waals surface area contributed by atoms with Crippen molar-refractivity contribution in [3.8, 4) is 17.2 Å². The molecule has 8 heteroatoms. The number of ether oxygens (including phenoxy) is 4. The van der Waals surface area contributed by atoms with Crippen LogP contribution >= 0.6 is 24.0 Å². The van der Waals surface area contributed by atoms with E-state index in [-0.39, 0.29) is 24.8 Å². The molecule has 6 nitrogen and oxygen atoms in total. The first kappa shape index (κ1) is 26.6. The van der Waals surface area contributed by atoms with E-state index in [0.717, 1.165) is 13.1 Å². The number of likely N-dealkylation sites (N-methyl/N-ethyl adjacent to an activating group) is 1. The summed E-state index contributed by atoms with van der Waals surface area (Å²) in [6.45, 7) is 6.85. The van der Waals surface area contributed by atoms with Gasteiger partial charge in [-0.2, -0.15) is 0 Å². The summed E-state index contributed by atoms with van der Waals surface area (Å²) in [5.41, 5.74) is 0.706. The van der Waals surface area contributed by atoms with E-state index < -0.39 is 5.97 Å². The quantitative estimate of drug-likeness (QED) is 0.259. The van der Waals surface area contributed by atoms with Gasteiger partial charge in [-0.1, -0.05) is 31.5 Å². The number of hydrogen-bond acceptors (Lipinski definition) is 6. The normalized spacial score (nSPS) is 11.0. The Bertz CT molecular complexity index is 852. The average molecular weight is 470 g/mol. The van der Waals surface area contributed by atoms with E-state index in [4.69, 9.17) is 30.5 Å². The number of carbonyl (C=O) groups excluding carboxylic acids is 1. The van der Waals surface area contributed by atoms with E-state index in [1.807, 2.05) is 0 Å². The van der Waals surface area contributed by atoms with Crippen LogP contribution in [-0.4, -0.2) is 51.3 Å². The second-order valence-electron chi connectivity index (χ2n) is 6.34. The van der Waals surface area contributed by atoms with Crippen LogP contribution in [0.2, 0.25) is 5.02 Å². The third-order valence-corrected chi connectivity index (χ3v) is 4.74. The predicted octanol–water partition coefficient (Wildman–Crippen LogP) is 5.08. The van der Waals surface area contributed by atoms with Crippen molar-refractivity contribution in [1.82, 2.24) is 4.90 Å². The van der Waals surface area contributed by atoms with Gasteiger partial charge >= 0.3 is 5.97 Å². The summed E-state index contributed by atoms with van der Waals surface area (Å²) in [5.74, 6) is 1.13. The fourth-order valence-electron chi connectivity index (χ4n) is 2.73. The van der Waals surface area contributed by atoms with Gasteiger partial charge in [0.15, 0.2) is 11.5 Å². The monoisotopic (exact) mass is 469 g/mol. The number of rotatable bonds is 11. The van der Waals surface area contributed by atoms with E-state index in [1.54, 1.807) is 62.8 Å². The summed E-state index contributed by atoms with van der Waals surface area (Å²) < 4.78 is 21.9. The van der Waals surface area contributed by atoms with E-state index in [1.165, 1.54) is 0 Å². The highest BCUT2D eigenvalue weighted by atomic mass is 35.5. The van der Waals surface area contributed by atoms with Crippen molar-refractivity contribution in [3.63, 3.8) is 0 Å². The minimum Gasteiger partial charge on any atom is -0.493 e. The molecule has 0 aliphatic rings. The number of carbonyl (C=O) groups is 1. The standard InChI is InChI=1S/C23H28ClNO5.ClH/c1-5-25(6-2)13-14-29-23(26)22(30-19-10-8-18(24)9-11-19)16-17-7-12-20(27-3)21(15-17)28-4;/h7-12,15-16H,5-6,13-14H2,1-4H3;1H/b22-16+;. The van der Waals surface area contributed by atoms with E-state index >= 15 is 0 Å². The molecule has 0 bridgehead atoms. The van der Waals surface area contributed by atoms with Crippen molar-refractivity contribution < 1.29 is 23.7 Å². The second-order valence-corrected chi connectivity index (χ2v) is 6.78. The SMILES string of the molecule is CCN(CC)CCOC(=O)/C(=C\c1ccc(OC)c(OC)c1)Oc1ccc(Cl)cc1.Cl. The Hall–Kier alpha value is -2.41. The van der Waals surface area contributed by atoms with E-state index in [2.05, 4.69) is 18.7 Å². The van der Waals surface area contributed by atoms with Gasteiger partial charge in [-0.15, -0.1) is 12.4 Å². The van der Waals surface area contributed by atoms with Gasteiger partial charge in [0.2, 0.25) is 5.76 Å². The van der Waals surface area contributed by atoms with Crippen molar-refractivity contribution in [2.24, 2.45) is 0 Å². The highest BCUT2D eigenvalue weighted by molar-refractivity contribution is 6.30. The summed E-state index contributed by atoms with van der Waals surface area (Å²) in [5, 5.41) is 0.578. The molecule has 0 unspecified atom stereocenters. The predicted molar refractivity (Wildman–Crippen MR) is 126 cm³/mol. The van der Waals surface area contributed by atoms with Gasteiger partial charge in [0.05, 0.1) is 14.2 Å². The van der Waals surface area contributed by atoms with Crippen molar-refractivity contribution in [3.05, 3.63) is 58.8 Å². The van der Waals surface area contributed by atoms with Crippen molar-refractivity contribution >= 4 is 36.1 Å². The van der Waals surface area contributed by atoms with E-state index in [0.29, 0.717) is 34.4 Å². The van der Waals surface area contributed by atoms with Crippen molar-refractivity contribution in [2.45, 2.75) is 13.8 Å². The lowest BCUT2D eigenvalue weighted by Crippen LogP contribution is -2.28. The van der Waals surface area contributed by atoms with Crippen LogP contribution in [0.25, 0.3) is 6.08 Å². The van der Waals surface area contributed by atoms with Crippen LogP contribution in [0.5, 0.6) is 17.2 Å². The molecular weight excluding hydrogens is 441 g/mol. The Morgan fingerprint density at radius 2 is 1.65 bits per heavy atom. The molecule has 2 rings (SSSR count). The Kier molecular flexibility index (Phi) is 11.9. The molecule has 0 saturated carbocycles. The van der Waals surface area contributed by atoms with Crippen LogP contribution in [0.15, 0.2) is 48.2 Å². The highest BCUT2D eigenvalue weighted by Gasteiger charge is 2.16. The number of hydrogen-bond donors (Lipinski definition) is 0. The molecule has 0 fully saturated rings. The maximum absolute atomic E-state index is 12.7. The minimum atomic E-state index is -0.549. The van der Waals surface area contributed by atoms with Gasteiger partial charge in [0, 0.05) is 11.6 Å². The lowest BCUT2D eigenvalue weighted by atomic mass is 10.1. The van der Waals surface area contributed by atoms with Gasteiger partial charge in [-0.05, 0) is 61.1 Å². The van der Waals surface area contributed by atoms with Crippen LogP contribution < -0.4 is 14.2 Å². The van der Waals surface area contributed by atoms with Crippen molar-refractivity contribution in [1.29, 1.82) is 0 Å². The molecule has 2 aromatic rings. The average Bonchev–Trinajstić information content (AvgIpc) is 2.77. The molecule has 0 spiro atoms. The molecule has 170 valence electrons. The molecule has 0 saturated heterocycles. The number of nitrogens with zero attached hydrogens (tertiary/aromatic N) is 1. The zero-order valence-electron chi connectivity index (χ0n) is 18.2. The number of halogens is 2. The summed E-state index contributed by atoms with van der Waals surface area (Å²) >= 11 is 5.94. The van der Waals surface area contributed by atoms with Gasteiger partial charge in [-0.3, -0.25) is 0 Å². The Balaban J connectivity index is 0.00000480. The molecule has 0 radical (unpaired) electrons. The van der Waals surface area contributed by atoms with Gasteiger partial charge in [0.25, 0.3) is 0 Å². The van der Waals surface area contributed by atoms with Crippen LogP contribution in [-0.2, 0) is 9.53 Å². The largest absolute Gasteiger partial charge is 0.493 e. The highest BCUT2D eigenvalue weighted by Crippen LogP contribution is 2.29. The summed E-state index contributed by atoms with van der Waals surface area (Å²) in [4.78, 5) is 14.9. The molecule has 2 aromatic carbocycles. The first-order valence-electron chi connectivity index (χ1n) is 9.77. The fourth-order valence-corrected chi connectivity index (χ4v) is 2.86. The maximum atomic E-state index is 12.7. The molecule has 0 atom stereocenters. The Labute approximate surface area is 195 Å². The third kappa shape index (κ3) is 8.32.